The lowest BCUT2D eigenvalue weighted by molar-refractivity contribution is -0.126. The monoisotopic (exact) mass is 606 g/mol. The van der Waals surface area contributed by atoms with Crippen molar-refractivity contribution in [1.29, 1.82) is 5.26 Å². The summed E-state index contributed by atoms with van der Waals surface area (Å²) >= 11 is 1.72. The number of nitrogens with one attached hydrogen (secondary N) is 1. The molecule has 2 aromatic carbocycles. The highest BCUT2D eigenvalue weighted by atomic mass is 32.2. The van der Waals surface area contributed by atoms with E-state index in [4.69, 9.17) is 10.2 Å². The molecule has 2 aliphatic carbocycles. The van der Waals surface area contributed by atoms with Crippen molar-refractivity contribution in [3.8, 4) is 16.5 Å². The molecule has 6 rings (SSSR count). The van der Waals surface area contributed by atoms with E-state index >= 15 is 0 Å². The number of sulfone groups is 1. The van der Waals surface area contributed by atoms with Crippen molar-refractivity contribution in [2.45, 2.75) is 69.7 Å². The van der Waals surface area contributed by atoms with Crippen LogP contribution in [0.5, 0.6) is 0 Å². The van der Waals surface area contributed by atoms with E-state index in [1.165, 1.54) is 12.0 Å². The molecule has 3 fully saturated rings. The molecule has 1 amide bonds. The minimum atomic E-state index is -2.86. The van der Waals surface area contributed by atoms with E-state index in [-0.39, 0.29) is 30.2 Å². The maximum atomic E-state index is 11.8. The highest BCUT2D eigenvalue weighted by Crippen LogP contribution is 2.38. The lowest BCUT2D eigenvalue weighted by Gasteiger charge is -2.28. The van der Waals surface area contributed by atoms with Gasteiger partial charge in [-0.15, -0.1) is 11.3 Å². The van der Waals surface area contributed by atoms with Crippen LogP contribution in [0.2, 0.25) is 0 Å². The van der Waals surface area contributed by atoms with Crippen LogP contribution in [0.3, 0.4) is 0 Å². The van der Waals surface area contributed by atoms with E-state index in [1.807, 2.05) is 12.3 Å². The fraction of sp³-hybridized carbons (Fsp3) is 0.485. The molecule has 9 heteroatoms. The van der Waals surface area contributed by atoms with Gasteiger partial charge in [-0.2, -0.15) is 5.26 Å². The van der Waals surface area contributed by atoms with Crippen LogP contribution in [-0.2, 0) is 20.0 Å². The SMILES string of the molecule is CC(C)(c1ccccc1)c1ncc(-c2ccc(N3CCS(=O)(=O)CC3)cc2)s1.N#CC1(NC(=O)C2CCCCC2)CC1.[HH]. The highest BCUT2D eigenvalue weighted by Gasteiger charge is 2.45. The van der Waals surface area contributed by atoms with Crippen molar-refractivity contribution < 1.29 is 14.6 Å². The summed E-state index contributed by atoms with van der Waals surface area (Å²) in [5, 5.41) is 12.8. The number of nitriles is 1. The smallest absolute Gasteiger partial charge is 0.224 e. The van der Waals surface area contributed by atoms with Crippen molar-refractivity contribution in [2.24, 2.45) is 5.92 Å². The van der Waals surface area contributed by atoms with Gasteiger partial charge in [0.05, 0.1) is 22.5 Å². The number of rotatable bonds is 6. The first-order chi connectivity index (χ1) is 20.1. The normalized spacial score (nSPS) is 19.6. The molecular formula is C33H42N4O3S2. The van der Waals surface area contributed by atoms with Crippen LogP contribution >= 0.6 is 11.3 Å². The van der Waals surface area contributed by atoms with E-state index in [0.29, 0.717) is 13.1 Å². The van der Waals surface area contributed by atoms with Crippen LogP contribution in [0.15, 0.2) is 60.8 Å². The number of carbonyl (C=O) groups excluding carboxylic acids is 1. The average Bonchev–Trinajstić information content (AvgIpc) is 3.60. The zero-order chi connectivity index (χ0) is 29.8. The second-order valence-corrected chi connectivity index (χ2v) is 15.6. The van der Waals surface area contributed by atoms with Crippen LogP contribution < -0.4 is 10.2 Å². The van der Waals surface area contributed by atoms with Crippen molar-refractivity contribution in [3.63, 3.8) is 0 Å². The standard InChI is InChI=1S/C22H24N2O2S2.C11H16N2O.H2/c1-22(2,18-6-4-3-5-7-18)21-23-16-20(27-21)17-8-10-19(11-9-17)24-12-14-28(25,26)15-13-24;12-8-11(6-7-11)13-10(14)9-4-2-1-3-5-9;/h3-11,16H,12-15H2,1-2H3;9H,1-7H2,(H,13,14);1H. The van der Waals surface area contributed by atoms with Gasteiger partial charge in [0, 0.05) is 37.7 Å². The Hall–Kier alpha value is -3.22. The second-order valence-electron chi connectivity index (χ2n) is 12.2. The number of carbonyl (C=O) groups is 1. The first-order valence-corrected chi connectivity index (χ1v) is 17.6. The Kier molecular flexibility index (Phi) is 9.05. The van der Waals surface area contributed by atoms with E-state index in [9.17, 15) is 13.2 Å². The van der Waals surface area contributed by atoms with Crippen LogP contribution in [-0.4, -0.2) is 49.4 Å². The number of aromatic nitrogens is 1. The molecule has 42 heavy (non-hydrogen) atoms. The van der Waals surface area contributed by atoms with E-state index in [1.54, 1.807) is 11.3 Å². The number of hydrogen-bond donors (Lipinski definition) is 1. The van der Waals surface area contributed by atoms with Gasteiger partial charge in [0.25, 0.3) is 0 Å². The van der Waals surface area contributed by atoms with Crippen molar-refractivity contribution >= 4 is 32.8 Å². The van der Waals surface area contributed by atoms with Crippen molar-refractivity contribution in [2.75, 3.05) is 29.5 Å². The van der Waals surface area contributed by atoms with Gasteiger partial charge in [0.1, 0.15) is 10.5 Å². The Morgan fingerprint density at radius 1 is 1.05 bits per heavy atom. The first-order valence-electron chi connectivity index (χ1n) is 14.9. The molecule has 0 radical (unpaired) electrons. The topological polar surface area (TPSA) is 103 Å². The zero-order valence-electron chi connectivity index (χ0n) is 24.5. The number of thiazole rings is 1. The summed E-state index contributed by atoms with van der Waals surface area (Å²) in [6, 6.07) is 21.0. The Bertz CT molecular complexity index is 1510. The number of amides is 1. The molecule has 0 spiro atoms. The minimum absolute atomic E-state index is 0. The number of hydrogen-bond acceptors (Lipinski definition) is 7. The third kappa shape index (κ3) is 7.22. The van der Waals surface area contributed by atoms with Gasteiger partial charge in [-0.1, -0.05) is 61.7 Å². The summed E-state index contributed by atoms with van der Waals surface area (Å²) in [6.07, 6.45) is 9.22. The summed E-state index contributed by atoms with van der Waals surface area (Å²) in [7, 11) is -2.86. The Morgan fingerprint density at radius 2 is 1.69 bits per heavy atom. The molecule has 1 saturated heterocycles. The zero-order valence-corrected chi connectivity index (χ0v) is 26.1. The van der Waals surface area contributed by atoms with Gasteiger partial charge in [-0.05, 0) is 62.8 Å². The Morgan fingerprint density at radius 3 is 2.29 bits per heavy atom. The van der Waals surface area contributed by atoms with Gasteiger partial charge >= 0.3 is 0 Å². The number of nitrogens with zero attached hydrogens (tertiary/aromatic N) is 3. The van der Waals surface area contributed by atoms with Crippen LogP contribution in [0, 0.1) is 17.2 Å². The molecule has 7 nitrogen and oxygen atoms in total. The molecule has 224 valence electrons. The molecule has 0 bridgehead atoms. The number of benzene rings is 2. The molecule has 0 unspecified atom stereocenters. The quantitative estimate of drug-likeness (QED) is 0.351. The van der Waals surface area contributed by atoms with E-state index in [0.717, 1.165) is 59.7 Å². The lowest BCUT2D eigenvalue weighted by atomic mass is 9.85. The lowest BCUT2D eigenvalue weighted by Crippen LogP contribution is -2.40. The molecule has 1 aliphatic heterocycles. The summed E-state index contributed by atoms with van der Waals surface area (Å²) in [6.45, 7) is 5.55. The largest absolute Gasteiger partial charge is 0.369 e. The maximum Gasteiger partial charge on any atom is 0.224 e. The molecule has 3 aromatic rings. The Balaban J connectivity index is 0.000000238. The number of anilines is 1. The molecule has 0 atom stereocenters. The molecule has 2 saturated carbocycles. The molecule has 2 heterocycles. The van der Waals surface area contributed by atoms with Crippen molar-refractivity contribution in [1.82, 2.24) is 10.3 Å². The fourth-order valence-corrected chi connectivity index (χ4v) is 7.82. The summed E-state index contributed by atoms with van der Waals surface area (Å²) in [5.41, 5.74) is 2.86. The summed E-state index contributed by atoms with van der Waals surface area (Å²) in [4.78, 5) is 19.7. The van der Waals surface area contributed by atoms with Gasteiger partial charge in [0.15, 0.2) is 9.84 Å². The van der Waals surface area contributed by atoms with E-state index < -0.39 is 15.4 Å². The summed E-state index contributed by atoms with van der Waals surface area (Å²) in [5.74, 6) is 0.765. The second kappa shape index (κ2) is 12.6. The third-order valence-electron chi connectivity index (χ3n) is 8.70. The predicted molar refractivity (Wildman–Crippen MR) is 171 cm³/mol. The maximum absolute atomic E-state index is 11.8. The molecule has 3 aliphatic rings. The molecular weight excluding hydrogens is 565 g/mol. The van der Waals surface area contributed by atoms with Crippen LogP contribution in [0.25, 0.3) is 10.4 Å². The fourth-order valence-electron chi connectivity index (χ4n) is 5.57. The summed E-state index contributed by atoms with van der Waals surface area (Å²) < 4.78 is 23.2. The van der Waals surface area contributed by atoms with Gasteiger partial charge in [-0.25, -0.2) is 13.4 Å². The molecule has 1 N–H and O–H groups in total. The molecule has 1 aromatic heterocycles. The Labute approximate surface area is 255 Å². The van der Waals surface area contributed by atoms with Gasteiger partial charge in [0.2, 0.25) is 5.91 Å². The highest BCUT2D eigenvalue weighted by molar-refractivity contribution is 7.91. The third-order valence-corrected chi connectivity index (χ3v) is 11.7. The first kappa shape index (κ1) is 30.2. The van der Waals surface area contributed by atoms with Gasteiger partial charge < -0.3 is 10.2 Å². The van der Waals surface area contributed by atoms with Crippen LogP contribution in [0.1, 0.15) is 70.8 Å². The van der Waals surface area contributed by atoms with E-state index in [2.05, 4.69) is 78.7 Å². The average molecular weight is 607 g/mol. The van der Waals surface area contributed by atoms with Crippen molar-refractivity contribution in [3.05, 3.63) is 71.4 Å². The predicted octanol–water partition coefficient (Wildman–Crippen LogP) is 6.36. The van der Waals surface area contributed by atoms with Crippen LogP contribution in [0.4, 0.5) is 5.69 Å². The minimum Gasteiger partial charge on any atom is -0.369 e. The van der Waals surface area contributed by atoms with Gasteiger partial charge in [-0.3, -0.25) is 4.79 Å².